The van der Waals surface area contributed by atoms with Crippen LogP contribution < -0.4 is 16.4 Å². The predicted molar refractivity (Wildman–Crippen MR) is 132 cm³/mol. The van der Waals surface area contributed by atoms with Gasteiger partial charge < -0.3 is 21.8 Å². The number of allylic oxidation sites excluding steroid dienone is 2. The van der Waals surface area contributed by atoms with Crippen LogP contribution in [0.3, 0.4) is 0 Å². The molecule has 1 atom stereocenters. The number of nitrogens with one attached hydrogen (secondary N) is 2. The van der Waals surface area contributed by atoms with Crippen LogP contribution in [-0.2, 0) is 6.54 Å². The zero-order valence-electron chi connectivity index (χ0n) is 18.0. The lowest BCUT2D eigenvalue weighted by Crippen LogP contribution is -2.76. The van der Waals surface area contributed by atoms with E-state index in [-0.39, 0.29) is 0 Å². The van der Waals surface area contributed by atoms with E-state index in [9.17, 15) is 0 Å². The molecule has 32 heavy (non-hydrogen) atoms. The Labute approximate surface area is 192 Å². The Morgan fingerprint density at radius 3 is 2.97 bits per heavy atom. The molecule has 3 heterocycles. The van der Waals surface area contributed by atoms with E-state index in [2.05, 4.69) is 52.5 Å². The fraction of sp³-hybridized carbons (Fsp3) is 0.160. The topological polar surface area (TPSA) is 104 Å². The highest BCUT2D eigenvalue weighted by Crippen LogP contribution is 2.41. The van der Waals surface area contributed by atoms with Gasteiger partial charge in [0.15, 0.2) is 0 Å². The van der Waals surface area contributed by atoms with Gasteiger partial charge in [0.1, 0.15) is 18.2 Å². The van der Waals surface area contributed by atoms with E-state index in [1.54, 1.807) is 24.0 Å². The normalized spacial score (nSPS) is 15.7. The lowest BCUT2D eigenvalue weighted by atomic mass is 9.95. The molecule has 1 aliphatic rings. The van der Waals surface area contributed by atoms with Crippen LogP contribution >= 0.6 is 11.8 Å². The third-order valence-electron chi connectivity index (χ3n) is 5.27. The molecule has 4 rings (SSSR count). The molecule has 6 nitrogen and oxygen atoms in total. The van der Waals surface area contributed by atoms with E-state index in [0.29, 0.717) is 11.7 Å². The SMILES string of the molecule is CC1CC=C(Nc2cc(C[NH2+]/C=C\C=N)cc(N)n2)Sc2cc(-c3cccnc3)ccc21. The first-order valence-corrected chi connectivity index (χ1v) is 11.4. The van der Waals surface area contributed by atoms with Gasteiger partial charge in [0.2, 0.25) is 0 Å². The van der Waals surface area contributed by atoms with Crippen molar-refractivity contribution in [3.63, 3.8) is 0 Å². The maximum absolute atomic E-state index is 7.06. The average Bonchev–Trinajstić information content (AvgIpc) is 2.95. The van der Waals surface area contributed by atoms with Gasteiger partial charge in [0.25, 0.3) is 0 Å². The molecule has 6 N–H and O–H groups in total. The molecule has 0 fully saturated rings. The summed E-state index contributed by atoms with van der Waals surface area (Å²) in [5.74, 6) is 1.66. The molecule has 162 valence electrons. The van der Waals surface area contributed by atoms with Crippen molar-refractivity contribution < 1.29 is 5.32 Å². The number of rotatable bonds is 7. The summed E-state index contributed by atoms with van der Waals surface area (Å²) in [7, 11) is 0. The second-order valence-corrected chi connectivity index (χ2v) is 8.79. The number of quaternary nitrogens is 1. The molecule has 0 spiro atoms. The molecule has 1 aliphatic heterocycles. The Morgan fingerprint density at radius 2 is 2.16 bits per heavy atom. The minimum atomic E-state index is 0.430. The maximum atomic E-state index is 7.06. The van der Waals surface area contributed by atoms with Crippen molar-refractivity contribution in [1.29, 1.82) is 5.41 Å². The van der Waals surface area contributed by atoms with Crippen LogP contribution in [0.25, 0.3) is 11.1 Å². The first-order chi connectivity index (χ1) is 15.6. The number of nitrogens with zero attached hydrogens (tertiary/aromatic N) is 2. The van der Waals surface area contributed by atoms with Crippen molar-refractivity contribution in [2.75, 3.05) is 11.1 Å². The molecule has 0 radical (unpaired) electrons. The molecule has 7 heteroatoms. The maximum Gasteiger partial charge on any atom is 0.133 e. The molecular formula is C25H27N6S+. The Hall–Kier alpha value is -3.42. The Bertz CT molecular complexity index is 1160. The average molecular weight is 444 g/mol. The van der Waals surface area contributed by atoms with Crippen molar-refractivity contribution in [3.05, 3.63) is 89.4 Å². The van der Waals surface area contributed by atoms with Crippen LogP contribution in [0.4, 0.5) is 11.6 Å². The number of benzene rings is 1. The van der Waals surface area contributed by atoms with Crippen molar-refractivity contribution >= 4 is 29.6 Å². The summed E-state index contributed by atoms with van der Waals surface area (Å²) in [6, 6.07) is 14.6. The minimum Gasteiger partial charge on any atom is -0.384 e. The highest BCUT2D eigenvalue weighted by Gasteiger charge is 2.18. The Morgan fingerprint density at radius 1 is 1.25 bits per heavy atom. The van der Waals surface area contributed by atoms with E-state index in [1.165, 1.54) is 16.7 Å². The van der Waals surface area contributed by atoms with Crippen molar-refractivity contribution in [1.82, 2.24) is 9.97 Å². The van der Waals surface area contributed by atoms with Crippen molar-refractivity contribution in [2.24, 2.45) is 0 Å². The van der Waals surface area contributed by atoms with E-state index in [4.69, 9.17) is 11.1 Å². The third kappa shape index (κ3) is 5.43. The largest absolute Gasteiger partial charge is 0.384 e. The van der Waals surface area contributed by atoms with Crippen LogP contribution in [0.2, 0.25) is 0 Å². The molecule has 3 aromatic rings. The van der Waals surface area contributed by atoms with Gasteiger partial charge in [0.05, 0.1) is 11.2 Å². The number of fused-ring (bicyclic) bond motifs is 1. The summed E-state index contributed by atoms with van der Waals surface area (Å²) in [6.45, 7) is 2.99. The number of nitrogen functional groups attached to an aromatic ring is 1. The second kappa shape index (κ2) is 10.3. The lowest BCUT2D eigenvalue weighted by Gasteiger charge is -2.14. The Kier molecular flexibility index (Phi) is 6.99. The van der Waals surface area contributed by atoms with Gasteiger partial charge in [-0.2, -0.15) is 0 Å². The molecule has 1 unspecified atom stereocenters. The minimum absolute atomic E-state index is 0.430. The van der Waals surface area contributed by atoms with Crippen LogP contribution in [0.15, 0.2) is 83.1 Å². The summed E-state index contributed by atoms with van der Waals surface area (Å²) >= 11 is 1.73. The quantitative estimate of drug-likeness (QED) is 0.402. The number of thioether (sulfide) groups is 1. The molecule has 0 saturated carbocycles. The second-order valence-electron chi connectivity index (χ2n) is 7.70. The number of hydrogen-bond donors (Lipinski definition) is 4. The standard InChI is InChI=1S/C25H26N6S/c1-17-5-8-25(31-24-13-18(12-23(27)30-24)15-28-11-3-9-26)32-22-14-19(6-7-21(17)22)20-4-2-10-29-16-20/h2-4,6-14,16-17,26,28H,5,15H2,1H3,(H3,27,30,31)/p+1/b11-3-,26-9?. The molecule has 0 bridgehead atoms. The highest BCUT2D eigenvalue weighted by molar-refractivity contribution is 8.03. The zero-order chi connectivity index (χ0) is 22.3. The van der Waals surface area contributed by atoms with Gasteiger partial charge in [-0.15, -0.1) is 0 Å². The molecule has 0 amide bonds. The van der Waals surface area contributed by atoms with Gasteiger partial charge in [-0.3, -0.25) is 4.98 Å². The molecular weight excluding hydrogens is 416 g/mol. The lowest BCUT2D eigenvalue weighted by molar-refractivity contribution is -0.604. The van der Waals surface area contributed by atoms with E-state index < -0.39 is 0 Å². The van der Waals surface area contributed by atoms with Gasteiger partial charge >= 0.3 is 0 Å². The molecule has 0 aliphatic carbocycles. The number of nitrogens with two attached hydrogens (primary N) is 2. The zero-order valence-corrected chi connectivity index (χ0v) is 18.8. The number of aromatic nitrogens is 2. The summed E-state index contributed by atoms with van der Waals surface area (Å²) in [5.41, 5.74) is 10.8. The van der Waals surface area contributed by atoms with Gasteiger partial charge in [0, 0.05) is 40.7 Å². The first-order valence-electron chi connectivity index (χ1n) is 10.6. The molecule has 0 saturated heterocycles. The summed E-state index contributed by atoms with van der Waals surface area (Å²) in [6.07, 6.45) is 11.7. The van der Waals surface area contributed by atoms with Crippen LogP contribution in [0.1, 0.15) is 30.4 Å². The van der Waals surface area contributed by atoms with Crippen LogP contribution in [0.5, 0.6) is 0 Å². The van der Waals surface area contributed by atoms with Gasteiger partial charge in [-0.1, -0.05) is 43.0 Å². The van der Waals surface area contributed by atoms with Crippen molar-refractivity contribution in [3.8, 4) is 11.1 Å². The summed E-state index contributed by atoms with van der Waals surface area (Å²) in [5, 5.41) is 13.6. The number of pyridine rings is 2. The van der Waals surface area contributed by atoms with Gasteiger partial charge in [-0.25, -0.2) is 4.98 Å². The van der Waals surface area contributed by atoms with E-state index in [1.807, 2.05) is 35.9 Å². The first kappa shape index (κ1) is 21.8. The van der Waals surface area contributed by atoms with Crippen LogP contribution in [-0.4, -0.2) is 16.2 Å². The summed E-state index contributed by atoms with van der Waals surface area (Å²) in [4.78, 5) is 9.98. The third-order valence-corrected chi connectivity index (χ3v) is 6.33. The van der Waals surface area contributed by atoms with E-state index in [0.717, 1.165) is 40.5 Å². The van der Waals surface area contributed by atoms with E-state index >= 15 is 0 Å². The fourth-order valence-electron chi connectivity index (χ4n) is 3.65. The molecule has 1 aromatic carbocycles. The molecule has 2 aromatic heterocycles. The number of anilines is 2. The predicted octanol–water partition coefficient (Wildman–Crippen LogP) is 4.51. The monoisotopic (exact) mass is 443 g/mol. The smallest absolute Gasteiger partial charge is 0.133 e. The Balaban J connectivity index is 1.55. The highest BCUT2D eigenvalue weighted by atomic mass is 32.2. The number of hydrogen-bond acceptors (Lipinski definition) is 6. The fourth-order valence-corrected chi connectivity index (χ4v) is 4.79. The van der Waals surface area contributed by atoms with Crippen LogP contribution in [0, 0.1) is 5.41 Å². The van der Waals surface area contributed by atoms with Gasteiger partial charge in [-0.05, 0) is 47.7 Å². The summed E-state index contributed by atoms with van der Waals surface area (Å²) < 4.78 is 0. The van der Waals surface area contributed by atoms with Crippen molar-refractivity contribution in [2.45, 2.75) is 30.7 Å².